The minimum absolute atomic E-state index is 0.0599. The van der Waals surface area contributed by atoms with Gasteiger partial charge >= 0.3 is 0 Å². The quantitative estimate of drug-likeness (QED) is 0.759. The van der Waals surface area contributed by atoms with Crippen molar-refractivity contribution in [2.75, 3.05) is 18.6 Å². The standard InChI is InChI=1S/C15H22ClNO4S/c1-5-22(19,20)10-11(2)17(4)15(18)12(3)21-14-8-6-7-13(16)9-14/h6-9,11-12H,5,10H2,1-4H3. The maximum atomic E-state index is 12.3. The van der Waals surface area contributed by atoms with E-state index in [0.29, 0.717) is 10.8 Å². The van der Waals surface area contributed by atoms with Gasteiger partial charge in [0, 0.05) is 23.9 Å². The minimum Gasteiger partial charge on any atom is -0.481 e. The van der Waals surface area contributed by atoms with E-state index in [-0.39, 0.29) is 17.4 Å². The van der Waals surface area contributed by atoms with E-state index in [0.717, 1.165) is 0 Å². The summed E-state index contributed by atoms with van der Waals surface area (Å²) in [7, 11) is -1.56. The van der Waals surface area contributed by atoms with Crippen LogP contribution in [-0.2, 0) is 14.6 Å². The molecule has 0 saturated heterocycles. The van der Waals surface area contributed by atoms with Crippen LogP contribution in [0.2, 0.25) is 5.02 Å². The van der Waals surface area contributed by atoms with Crippen molar-refractivity contribution in [1.82, 2.24) is 4.90 Å². The summed E-state index contributed by atoms with van der Waals surface area (Å²) in [5, 5.41) is 0.521. The third-order valence-corrected chi connectivity index (χ3v) is 5.51. The van der Waals surface area contributed by atoms with Crippen molar-refractivity contribution < 1.29 is 17.9 Å². The van der Waals surface area contributed by atoms with Gasteiger partial charge in [0.2, 0.25) is 0 Å². The third kappa shape index (κ3) is 5.50. The van der Waals surface area contributed by atoms with E-state index < -0.39 is 22.0 Å². The van der Waals surface area contributed by atoms with Gasteiger partial charge < -0.3 is 9.64 Å². The molecule has 0 N–H and O–H groups in total. The van der Waals surface area contributed by atoms with Gasteiger partial charge in [-0.3, -0.25) is 4.79 Å². The predicted molar refractivity (Wildman–Crippen MR) is 88.1 cm³/mol. The molecular weight excluding hydrogens is 326 g/mol. The molecule has 22 heavy (non-hydrogen) atoms. The Bertz CT molecular complexity index is 618. The van der Waals surface area contributed by atoms with Gasteiger partial charge in [-0.1, -0.05) is 24.6 Å². The van der Waals surface area contributed by atoms with Gasteiger partial charge in [-0.2, -0.15) is 0 Å². The first kappa shape index (κ1) is 18.8. The van der Waals surface area contributed by atoms with Crippen molar-refractivity contribution in [2.45, 2.75) is 32.9 Å². The monoisotopic (exact) mass is 347 g/mol. The number of ether oxygens (including phenoxy) is 1. The molecule has 1 amide bonds. The number of carbonyl (C=O) groups excluding carboxylic acids is 1. The Hall–Kier alpha value is -1.27. The van der Waals surface area contributed by atoms with Crippen molar-refractivity contribution >= 4 is 27.3 Å². The van der Waals surface area contributed by atoms with E-state index in [1.165, 1.54) is 4.90 Å². The van der Waals surface area contributed by atoms with Crippen molar-refractivity contribution in [3.63, 3.8) is 0 Å². The SMILES string of the molecule is CCS(=O)(=O)CC(C)N(C)C(=O)C(C)Oc1cccc(Cl)c1. The molecule has 0 bridgehead atoms. The summed E-state index contributed by atoms with van der Waals surface area (Å²) < 4.78 is 28.9. The molecule has 0 aliphatic rings. The highest BCUT2D eigenvalue weighted by molar-refractivity contribution is 7.91. The van der Waals surface area contributed by atoms with E-state index in [4.69, 9.17) is 16.3 Å². The van der Waals surface area contributed by atoms with Gasteiger partial charge in [0.15, 0.2) is 15.9 Å². The molecule has 1 aromatic rings. The van der Waals surface area contributed by atoms with Crippen LogP contribution < -0.4 is 4.74 Å². The van der Waals surface area contributed by atoms with E-state index in [1.54, 1.807) is 52.1 Å². The van der Waals surface area contributed by atoms with Gasteiger partial charge in [0.05, 0.1) is 5.75 Å². The molecule has 0 aliphatic carbocycles. The Morgan fingerprint density at radius 1 is 1.36 bits per heavy atom. The molecule has 124 valence electrons. The first-order valence-corrected chi connectivity index (χ1v) is 9.25. The maximum Gasteiger partial charge on any atom is 0.263 e. The smallest absolute Gasteiger partial charge is 0.263 e. The largest absolute Gasteiger partial charge is 0.481 e. The lowest BCUT2D eigenvalue weighted by Gasteiger charge is -2.27. The third-order valence-electron chi connectivity index (χ3n) is 3.40. The molecule has 1 aromatic carbocycles. The molecule has 0 spiro atoms. The minimum atomic E-state index is -3.14. The molecule has 0 aromatic heterocycles. The lowest BCUT2D eigenvalue weighted by atomic mass is 10.2. The summed E-state index contributed by atoms with van der Waals surface area (Å²) in [4.78, 5) is 13.7. The van der Waals surface area contributed by atoms with E-state index >= 15 is 0 Å². The van der Waals surface area contributed by atoms with E-state index in [1.807, 2.05) is 0 Å². The van der Waals surface area contributed by atoms with E-state index in [2.05, 4.69) is 0 Å². The van der Waals surface area contributed by atoms with Crippen LogP contribution in [0, 0.1) is 0 Å². The first-order valence-electron chi connectivity index (χ1n) is 7.05. The average Bonchev–Trinajstić information content (AvgIpc) is 2.45. The van der Waals surface area contributed by atoms with Gasteiger partial charge in [-0.25, -0.2) is 8.42 Å². The van der Waals surface area contributed by atoms with Crippen LogP contribution in [0.25, 0.3) is 0 Å². The number of likely N-dealkylation sites (N-methyl/N-ethyl adjacent to an activating group) is 1. The molecule has 2 atom stereocenters. The fourth-order valence-corrected chi connectivity index (χ4v) is 3.27. The zero-order valence-corrected chi connectivity index (χ0v) is 14.8. The van der Waals surface area contributed by atoms with Gasteiger partial charge in [-0.05, 0) is 32.0 Å². The summed E-state index contributed by atoms with van der Waals surface area (Å²) in [6, 6.07) is 6.36. The number of halogens is 1. The Kier molecular flexibility index (Phi) is 6.68. The number of amides is 1. The molecule has 0 heterocycles. The van der Waals surface area contributed by atoms with Crippen LogP contribution in [-0.4, -0.2) is 49.9 Å². The fraction of sp³-hybridized carbons (Fsp3) is 0.533. The van der Waals surface area contributed by atoms with Gasteiger partial charge in [-0.15, -0.1) is 0 Å². The Balaban J connectivity index is 2.69. The normalized spacial score (nSPS) is 14.2. The van der Waals surface area contributed by atoms with Crippen LogP contribution in [0.4, 0.5) is 0 Å². The van der Waals surface area contributed by atoms with Crippen LogP contribution in [0.3, 0.4) is 0 Å². The zero-order chi connectivity index (χ0) is 16.9. The van der Waals surface area contributed by atoms with Crippen molar-refractivity contribution in [3.8, 4) is 5.75 Å². The van der Waals surface area contributed by atoms with Crippen molar-refractivity contribution in [3.05, 3.63) is 29.3 Å². The number of nitrogens with zero attached hydrogens (tertiary/aromatic N) is 1. The summed E-state index contributed by atoms with van der Waals surface area (Å²) in [5.74, 6) is 0.221. The molecule has 2 unspecified atom stereocenters. The lowest BCUT2D eigenvalue weighted by Crippen LogP contribution is -2.45. The number of hydrogen-bond donors (Lipinski definition) is 0. The zero-order valence-electron chi connectivity index (χ0n) is 13.2. The topological polar surface area (TPSA) is 63.7 Å². The number of hydrogen-bond acceptors (Lipinski definition) is 4. The summed E-state index contributed by atoms with van der Waals surface area (Å²) >= 11 is 5.87. The molecule has 0 saturated carbocycles. The maximum absolute atomic E-state index is 12.3. The average molecular weight is 348 g/mol. The summed E-state index contributed by atoms with van der Waals surface area (Å²) in [6.45, 7) is 4.92. The number of benzene rings is 1. The Morgan fingerprint density at radius 2 is 2.00 bits per heavy atom. The van der Waals surface area contributed by atoms with Gasteiger partial charge in [0.1, 0.15) is 5.75 Å². The highest BCUT2D eigenvalue weighted by Gasteiger charge is 2.25. The number of sulfone groups is 1. The molecule has 0 aliphatic heterocycles. The lowest BCUT2D eigenvalue weighted by molar-refractivity contribution is -0.138. The fourth-order valence-electron chi connectivity index (χ4n) is 1.90. The molecular formula is C15H22ClNO4S. The Labute approximate surface area is 137 Å². The molecule has 5 nitrogen and oxygen atoms in total. The molecule has 1 rings (SSSR count). The molecule has 0 radical (unpaired) electrons. The molecule has 0 fully saturated rings. The van der Waals surface area contributed by atoms with Crippen LogP contribution in [0.1, 0.15) is 20.8 Å². The second-order valence-electron chi connectivity index (χ2n) is 5.21. The highest BCUT2D eigenvalue weighted by Crippen LogP contribution is 2.19. The van der Waals surface area contributed by atoms with Crippen LogP contribution >= 0.6 is 11.6 Å². The summed E-state index contributed by atoms with van der Waals surface area (Å²) in [6.07, 6.45) is -0.727. The Morgan fingerprint density at radius 3 is 2.55 bits per heavy atom. The predicted octanol–water partition coefficient (Wildman–Crippen LogP) is 2.39. The van der Waals surface area contributed by atoms with Gasteiger partial charge in [0.25, 0.3) is 5.91 Å². The second kappa shape index (κ2) is 7.83. The van der Waals surface area contributed by atoms with E-state index in [9.17, 15) is 13.2 Å². The number of rotatable bonds is 7. The highest BCUT2D eigenvalue weighted by atomic mass is 35.5. The van der Waals surface area contributed by atoms with Crippen molar-refractivity contribution in [2.24, 2.45) is 0 Å². The van der Waals surface area contributed by atoms with Crippen LogP contribution in [0.15, 0.2) is 24.3 Å². The first-order chi connectivity index (χ1) is 10.2. The van der Waals surface area contributed by atoms with Crippen molar-refractivity contribution in [1.29, 1.82) is 0 Å². The molecule has 7 heteroatoms. The van der Waals surface area contributed by atoms with Crippen LogP contribution in [0.5, 0.6) is 5.75 Å². The summed E-state index contributed by atoms with van der Waals surface area (Å²) in [5.41, 5.74) is 0. The second-order valence-corrected chi connectivity index (χ2v) is 8.05. The number of carbonyl (C=O) groups is 1.